The number of halogens is 2. The highest BCUT2D eigenvalue weighted by molar-refractivity contribution is 9.10. The smallest absolute Gasteiger partial charge is 0.124 e. The standard InChI is InChI=1S/C17H26BrFN2/c1-12(2)21(11-15-6-4-5-9-20-15)13(3)16-8-7-14(19)10-17(16)18/h7-8,10,12-13,15,20H,4-6,9,11H2,1-3H3. The van der Waals surface area contributed by atoms with Gasteiger partial charge in [-0.05, 0) is 57.9 Å². The Kier molecular flexibility index (Phi) is 6.20. The van der Waals surface area contributed by atoms with Crippen LogP contribution in [0.5, 0.6) is 0 Å². The summed E-state index contributed by atoms with van der Waals surface area (Å²) in [5, 5.41) is 3.62. The Morgan fingerprint density at radius 2 is 2.10 bits per heavy atom. The summed E-state index contributed by atoms with van der Waals surface area (Å²) in [4.78, 5) is 2.50. The summed E-state index contributed by atoms with van der Waals surface area (Å²) in [5.74, 6) is -0.192. The largest absolute Gasteiger partial charge is 0.313 e. The molecule has 1 aromatic carbocycles. The molecule has 1 saturated heterocycles. The molecule has 1 fully saturated rings. The van der Waals surface area contributed by atoms with E-state index >= 15 is 0 Å². The van der Waals surface area contributed by atoms with Gasteiger partial charge in [0.25, 0.3) is 0 Å². The first-order valence-corrected chi connectivity index (χ1v) is 8.72. The van der Waals surface area contributed by atoms with Crippen molar-refractivity contribution in [3.05, 3.63) is 34.1 Å². The second kappa shape index (κ2) is 7.70. The topological polar surface area (TPSA) is 15.3 Å². The average molecular weight is 357 g/mol. The Balaban J connectivity index is 2.12. The van der Waals surface area contributed by atoms with Gasteiger partial charge in [-0.25, -0.2) is 4.39 Å². The Bertz CT molecular complexity index is 458. The number of hydrogen-bond donors (Lipinski definition) is 1. The van der Waals surface area contributed by atoms with E-state index in [0.717, 1.165) is 23.1 Å². The maximum Gasteiger partial charge on any atom is 0.124 e. The monoisotopic (exact) mass is 356 g/mol. The summed E-state index contributed by atoms with van der Waals surface area (Å²) in [6.45, 7) is 8.85. The molecule has 2 nitrogen and oxygen atoms in total. The van der Waals surface area contributed by atoms with Crippen LogP contribution in [0.25, 0.3) is 0 Å². The Morgan fingerprint density at radius 3 is 2.67 bits per heavy atom. The van der Waals surface area contributed by atoms with Crippen molar-refractivity contribution in [2.24, 2.45) is 0 Å². The molecule has 2 rings (SSSR count). The van der Waals surface area contributed by atoms with Gasteiger partial charge in [0.15, 0.2) is 0 Å². The van der Waals surface area contributed by atoms with Crippen molar-refractivity contribution < 1.29 is 4.39 Å². The van der Waals surface area contributed by atoms with E-state index in [1.165, 1.54) is 19.3 Å². The number of hydrogen-bond acceptors (Lipinski definition) is 2. The van der Waals surface area contributed by atoms with E-state index in [1.54, 1.807) is 12.1 Å². The molecule has 21 heavy (non-hydrogen) atoms. The predicted molar refractivity (Wildman–Crippen MR) is 90.0 cm³/mol. The van der Waals surface area contributed by atoms with Gasteiger partial charge in [-0.1, -0.05) is 28.4 Å². The SMILES string of the molecule is CC(C)N(CC1CCCCN1)C(C)c1ccc(F)cc1Br. The molecule has 4 heteroatoms. The quantitative estimate of drug-likeness (QED) is 0.835. The molecule has 2 unspecified atom stereocenters. The lowest BCUT2D eigenvalue weighted by molar-refractivity contribution is 0.137. The predicted octanol–water partition coefficient (Wildman–Crippen LogP) is 4.50. The average Bonchev–Trinajstić information content (AvgIpc) is 2.45. The van der Waals surface area contributed by atoms with Crippen LogP contribution in [0.15, 0.2) is 22.7 Å². The molecule has 1 N–H and O–H groups in total. The summed E-state index contributed by atoms with van der Waals surface area (Å²) in [6, 6.07) is 6.30. The maximum absolute atomic E-state index is 13.3. The van der Waals surface area contributed by atoms with Crippen LogP contribution in [0, 0.1) is 5.82 Å². The molecule has 1 aromatic rings. The van der Waals surface area contributed by atoms with Crippen LogP contribution in [-0.2, 0) is 0 Å². The van der Waals surface area contributed by atoms with Crippen LogP contribution < -0.4 is 5.32 Å². The molecule has 0 aliphatic carbocycles. The van der Waals surface area contributed by atoms with Crippen molar-refractivity contribution >= 4 is 15.9 Å². The van der Waals surface area contributed by atoms with Crippen LogP contribution >= 0.6 is 15.9 Å². The lowest BCUT2D eigenvalue weighted by Crippen LogP contribution is -2.46. The normalized spacial score (nSPS) is 21.0. The number of benzene rings is 1. The molecule has 118 valence electrons. The van der Waals surface area contributed by atoms with Gasteiger partial charge in [0.2, 0.25) is 0 Å². The minimum absolute atomic E-state index is 0.192. The molecule has 0 amide bonds. The van der Waals surface area contributed by atoms with Crippen LogP contribution in [0.3, 0.4) is 0 Å². The van der Waals surface area contributed by atoms with Crippen molar-refractivity contribution in [2.45, 2.75) is 58.2 Å². The second-order valence-electron chi connectivity index (χ2n) is 6.28. The van der Waals surface area contributed by atoms with Crippen molar-refractivity contribution in [2.75, 3.05) is 13.1 Å². The molecular weight excluding hydrogens is 331 g/mol. The first kappa shape index (κ1) is 16.9. The summed E-state index contributed by atoms with van der Waals surface area (Å²) >= 11 is 3.51. The van der Waals surface area contributed by atoms with Gasteiger partial charge in [-0.2, -0.15) is 0 Å². The minimum atomic E-state index is -0.192. The van der Waals surface area contributed by atoms with Crippen LogP contribution in [0.1, 0.15) is 51.6 Å². The summed E-state index contributed by atoms with van der Waals surface area (Å²) < 4.78 is 14.1. The first-order chi connectivity index (χ1) is 9.99. The highest BCUT2D eigenvalue weighted by atomic mass is 79.9. The lowest BCUT2D eigenvalue weighted by atomic mass is 10.0. The molecule has 1 aliphatic rings. The third kappa shape index (κ3) is 4.51. The molecule has 0 bridgehead atoms. The third-order valence-corrected chi connectivity index (χ3v) is 5.10. The van der Waals surface area contributed by atoms with Crippen molar-refractivity contribution in [1.82, 2.24) is 10.2 Å². The number of nitrogens with one attached hydrogen (secondary N) is 1. The van der Waals surface area contributed by atoms with Crippen molar-refractivity contribution in [3.8, 4) is 0 Å². The van der Waals surface area contributed by atoms with Crippen molar-refractivity contribution in [1.29, 1.82) is 0 Å². The van der Waals surface area contributed by atoms with Gasteiger partial charge in [-0.3, -0.25) is 4.90 Å². The molecule has 1 aliphatic heterocycles. The summed E-state index contributed by atoms with van der Waals surface area (Å²) in [6.07, 6.45) is 3.86. The van der Waals surface area contributed by atoms with Crippen LogP contribution in [0.4, 0.5) is 4.39 Å². The third-order valence-electron chi connectivity index (χ3n) is 4.42. The van der Waals surface area contributed by atoms with Crippen molar-refractivity contribution in [3.63, 3.8) is 0 Å². The zero-order chi connectivity index (χ0) is 15.4. The molecule has 1 heterocycles. The van der Waals surface area contributed by atoms with E-state index in [0.29, 0.717) is 12.1 Å². The Morgan fingerprint density at radius 1 is 1.33 bits per heavy atom. The fourth-order valence-electron chi connectivity index (χ4n) is 3.17. The summed E-state index contributed by atoms with van der Waals surface area (Å²) in [5.41, 5.74) is 1.15. The van der Waals surface area contributed by atoms with Gasteiger partial charge in [0, 0.05) is 29.1 Å². The second-order valence-corrected chi connectivity index (χ2v) is 7.13. The van der Waals surface area contributed by atoms with Gasteiger partial charge in [0.1, 0.15) is 5.82 Å². The minimum Gasteiger partial charge on any atom is -0.313 e. The molecule has 0 saturated carbocycles. The van der Waals surface area contributed by atoms with E-state index in [-0.39, 0.29) is 11.9 Å². The van der Waals surface area contributed by atoms with E-state index < -0.39 is 0 Å². The number of nitrogens with zero attached hydrogens (tertiary/aromatic N) is 1. The van der Waals surface area contributed by atoms with E-state index in [1.807, 2.05) is 6.07 Å². The molecule has 2 atom stereocenters. The van der Waals surface area contributed by atoms with E-state index in [2.05, 4.69) is 46.9 Å². The van der Waals surface area contributed by atoms with E-state index in [4.69, 9.17) is 0 Å². The molecule has 0 spiro atoms. The zero-order valence-corrected chi connectivity index (χ0v) is 14.8. The molecule has 0 radical (unpaired) electrons. The number of piperidine rings is 1. The fraction of sp³-hybridized carbons (Fsp3) is 0.647. The molecular formula is C17H26BrFN2. The molecule has 0 aromatic heterocycles. The fourth-order valence-corrected chi connectivity index (χ4v) is 3.85. The summed E-state index contributed by atoms with van der Waals surface area (Å²) in [7, 11) is 0. The van der Waals surface area contributed by atoms with Gasteiger partial charge < -0.3 is 5.32 Å². The zero-order valence-electron chi connectivity index (χ0n) is 13.2. The van der Waals surface area contributed by atoms with Crippen LogP contribution in [-0.4, -0.2) is 30.1 Å². The highest BCUT2D eigenvalue weighted by Gasteiger charge is 2.24. The first-order valence-electron chi connectivity index (χ1n) is 7.93. The van der Waals surface area contributed by atoms with E-state index in [9.17, 15) is 4.39 Å². The maximum atomic E-state index is 13.3. The Labute approximate surface area is 136 Å². The highest BCUT2D eigenvalue weighted by Crippen LogP contribution is 2.30. The Hall–Kier alpha value is -0.450. The number of rotatable bonds is 5. The van der Waals surface area contributed by atoms with Crippen LogP contribution in [0.2, 0.25) is 0 Å². The van der Waals surface area contributed by atoms with Gasteiger partial charge in [0.05, 0.1) is 0 Å². The van der Waals surface area contributed by atoms with Gasteiger partial charge in [-0.15, -0.1) is 0 Å². The lowest BCUT2D eigenvalue weighted by Gasteiger charge is -2.37. The van der Waals surface area contributed by atoms with Gasteiger partial charge >= 0.3 is 0 Å².